The van der Waals surface area contributed by atoms with Crippen LogP contribution >= 0.6 is 0 Å². The van der Waals surface area contributed by atoms with Crippen LogP contribution in [-0.4, -0.2) is 101 Å². The van der Waals surface area contributed by atoms with E-state index in [0.29, 0.717) is 66.2 Å². The van der Waals surface area contributed by atoms with Gasteiger partial charge < -0.3 is 44.9 Å². The summed E-state index contributed by atoms with van der Waals surface area (Å²) in [5.41, 5.74) is 4.07. The number of fused-ring (bicyclic) bond motifs is 4. The number of ether oxygens (including phenoxy) is 3. The Bertz CT molecular complexity index is 2650. The first-order chi connectivity index (χ1) is 32.7. The molecule has 4 heterocycles. The van der Waals surface area contributed by atoms with Gasteiger partial charge in [0.25, 0.3) is 5.91 Å². The molecule has 0 radical (unpaired) electrons. The number of piperidine rings is 3. The van der Waals surface area contributed by atoms with Gasteiger partial charge in [-0.15, -0.1) is 0 Å². The predicted octanol–water partition coefficient (Wildman–Crippen LogP) is 7.13. The average Bonchev–Trinajstić information content (AvgIpc) is 3.36. The van der Waals surface area contributed by atoms with Crippen LogP contribution in [-0.2, 0) is 16.1 Å². The van der Waals surface area contributed by atoms with E-state index in [9.17, 15) is 29.4 Å². The maximum atomic E-state index is 13.5. The first kappa shape index (κ1) is 46.5. The Balaban J connectivity index is 0.796. The molecular formula is C53H57N5O9. The Hall–Kier alpha value is -7.00. The normalized spacial score (nSPS) is 17.3. The molecule has 3 atom stereocenters. The zero-order valence-electron chi connectivity index (χ0n) is 37.4. The molecule has 3 fully saturated rings. The zero-order valence-corrected chi connectivity index (χ0v) is 37.4. The highest BCUT2D eigenvalue weighted by molar-refractivity contribution is 5.94. The number of carbonyl (C=O) groups excluding carboxylic acids is 3. The van der Waals surface area contributed by atoms with E-state index in [1.165, 1.54) is 12.1 Å². The van der Waals surface area contributed by atoms with Crippen molar-refractivity contribution in [2.24, 2.45) is 5.92 Å². The molecule has 5 aromatic carbocycles. The summed E-state index contributed by atoms with van der Waals surface area (Å²) < 4.78 is 17.8. The lowest BCUT2D eigenvalue weighted by Crippen LogP contribution is -2.52. The molecule has 3 aliphatic rings. The van der Waals surface area contributed by atoms with Crippen LogP contribution in [0.15, 0.2) is 138 Å². The summed E-state index contributed by atoms with van der Waals surface area (Å²) in [6, 6.07) is 39.1. The second kappa shape index (κ2) is 22.5. The summed E-state index contributed by atoms with van der Waals surface area (Å²) >= 11 is 0. The molecule has 6 aromatic rings. The molecule has 348 valence electrons. The van der Waals surface area contributed by atoms with E-state index in [1.54, 1.807) is 41.3 Å². The van der Waals surface area contributed by atoms with E-state index < -0.39 is 24.2 Å². The summed E-state index contributed by atoms with van der Waals surface area (Å²) in [5, 5.41) is 28.0. The summed E-state index contributed by atoms with van der Waals surface area (Å²) in [6.45, 7) is 4.81. The van der Waals surface area contributed by atoms with Gasteiger partial charge in [-0.3, -0.25) is 14.5 Å². The Morgan fingerprint density at radius 3 is 2.28 bits per heavy atom. The number of alkyl carbamates (subject to hydrolysis) is 1. The van der Waals surface area contributed by atoms with Crippen molar-refractivity contribution >= 4 is 28.9 Å². The second-order valence-corrected chi connectivity index (χ2v) is 17.1. The highest BCUT2D eigenvalue weighted by Crippen LogP contribution is 2.32. The van der Waals surface area contributed by atoms with E-state index >= 15 is 0 Å². The van der Waals surface area contributed by atoms with Crippen molar-refractivity contribution in [3.63, 3.8) is 0 Å². The third-order valence-electron chi connectivity index (χ3n) is 12.5. The number of hydrogen-bond acceptors (Lipinski definition) is 11. The van der Waals surface area contributed by atoms with Crippen molar-refractivity contribution in [2.45, 2.75) is 50.5 Å². The molecule has 67 heavy (non-hydrogen) atoms. The predicted molar refractivity (Wildman–Crippen MR) is 254 cm³/mol. The Labute approximate surface area is 389 Å². The minimum atomic E-state index is -0.903. The fraction of sp³-hybridized carbons (Fsp3) is 0.321. The fourth-order valence-electron chi connectivity index (χ4n) is 8.90. The van der Waals surface area contributed by atoms with E-state index in [1.807, 2.05) is 84.9 Å². The van der Waals surface area contributed by atoms with Crippen molar-refractivity contribution in [3.05, 3.63) is 177 Å². The average molecular weight is 908 g/mol. The van der Waals surface area contributed by atoms with E-state index in [4.69, 9.17) is 14.2 Å². The van der Waals surface area contributed by atoms with Crippen molar-refractivity contribution in [2.75, 3.05) is 52.4 Å². The van der Waals surface area contributed by atoms with Gasteiger partial charge in [-0.05, 0) is 122 Å². The number of aliphatic hydroxyl groups excluding tert-OH is 1. The molecule has 5 N–H and O–H groups in total. The number of pyridine rings is 1. The monoisotopic (exact) mass is 907 g/mol. The molecule has 0 spiro atoms. The number of phenols is 1. The van der Waals surface area contributed by atoms with Crippen LogP contribution in [0.3, 0.4) is 0 Å². The molecule has 2 amide bonds. The minimum absolute atomic E-state index is 0.0753. The van der Waals surface area contributed by atoms with Gasteiger partial charge >= 0.3 is 12.1 Å². The quantitative estimate of drug-likeness (QED) is 0.0389. The lowest BCUT2D eigenvalue weighted by molar-refractivity contribution is -0.0336. The second-order valence-electron chi connectivity index (χ2n) is 17.1. The number of aliphatic hydroxyl groups is 1. The number of benzene rings is 5. The van der Waals surface area contributed by atoms with Crippen LogP contribution in [0.1, 0.15) is 80.8 Å². The standard InChI is InChI=1S/C53H57N5O9/c59-45-22-20-43(44-21-23-48(61)55-50(44)45)46(60)33-54-26-8-27-58(51(62)39-12-5-2-6-13-39)28-9-31-65-52(63)40-18-16-36(17-19-40)35-66-42-15-7-14-41(32-42)49(38-10-3-1-4-11-38)56-53(64)67-47-34-57-29-24-37(47)25-30-57/h1-7,10-23,32,37,46-47,49,54,59-60H,8-9,24-31,33-35H2,(H,55,61)(H,56,64)/t46-,47+,49?/m1/s1. The summed E-state index contributed by atoms with van der Waals surface area (Å²) in [5.74, 6) is 0.358. The molecule has 1 aromatic heterocycles. The maximum absolute atomic E-state index is 13.5. The number of carbonyl (C=O) groups is 3. The molecule has 2 bridgehead atoms. The van der Waals surface area contributed by atoms with Crippen LogP contribution in [0.5, 0.6) is 11.5 Å². The minimum Gasteiger partial charge on any atom is -0.506 e. The first-order valence-corrected chi connectivity index (χ1v) is 23.0. The van der Waals surface area contributed by atoms with Gasteiger partial charge in [-0.1, -0.05) is 78.9 Å². The van der Waals surface area contributed by atoms with E-state index in [0.717, 1.165) is 49.2 Å². The largest absolute Gasteiger partial charge is 0.506 e. The van der Waals surface area contributed by atoms with Crippen LogP contribution < -0.4 is 20.9 Å². The van der Waals surface area contributed by atoms with Gasteiger partial charge in [0.15, 0.2) is 0 Å². The van der Waals surface area contributed by atoms with Gasteiger partial charge in [0, 0.05) is 43.2 Å². The zero-order chi connectivity index (χ0) is 46.5. The first-order valence-electron chi connectivity index (χ1n) is 23.0. The summed E-state index contributed by atoms with van der Waals surface area (Å²) in [7, 11) is 0. The van der Waals surface area contributed by atoms with Crippen molar-refractivity contribution in [1.82, 2.24) is 25.4 Å². The smallest absolute Gasteiger partial charge is 0.408 e. The van der Waals surface area contributed by atoms with E-state index in [-0.39, 0.29) is 48.6 Å². The highest BCUT2D eigenvalue weighted by atomic mass is 16.6. The number of nitrogens with one attached hydrogen (secondary N) is 3. The number of aromatic nitrogens is 1. The number of amides is 2. The summed E-state index contributed by atoms with van der Waals surface area (Å²) in [4.78, 5) is 58.3. The fourth-order valence-corrected chi connectivity index (χ4v) is 8.90. The number of nitrogens with zero attached hydrogens (tertiary/aromatic N) is 2. The third-order valence-corrected chi connectivity index (χ3v) is 12.5. The van der Waals surface area contributed by atoms with Gasteiger partial charge in [-0.2, -0.15) is 0 Å². The number of rotatable bonds is 20. The lowest BCUT2D eigenvalue weighted by Gasteiger charge is -2.43. The molecule has 0 aliphatic carbocycles. The van der Waals surface area contributed by atoms with Crippen LogP contribution in [0.25, 0.3) is 10.9 Å². The Morgan fingerprint density at radius 1 is 0.806 bits per heavy atom. The summed E-state index contributed by atoms with van der Waals surface area (Å²) in [6.07, 6.45) is 1.70. The SMILES string of the molecule is O=C(NC(c1ccccc1)c1cccc(OCc2ccc(C(=O)OCCCN(CCCNC[C@@H](O)c3ccc(O)c4[nH]c(=O)ccc34)C(=O)c3ccccc3)cc2)c1)O[C@H]1CN2CCC1CC2. The molecule has 0 saturated carbocycles. The van der Waals surface area contributed by atoms with E-state index in [2.05, 4.69) is 20.5 Å². The van der Waals surface area contributed by atoms with Crippen molar-refractivity contribution in [3.8, 4) is 11.5 Å². The topological polar surface area (TPSA) is 183 Å². The molecule has 14 heteroatoms. The van der Waals surface area contributed by atoms with Crippen molar-refractivity contribution in [1.29, 1.82) is 0 Å². The molecule has 3 saturated heterocycles. The number of esters is 1. The third kappa shape index (κ3) is 12.3. The van der Waals surface area contributed by atoms with Crippen LogP contribution in [0, 0.1) is 5.92 Å². The Morgan fingerprint density at radius 2 is 1.54 bits per heavy atom. The highest BCUT2D eigenvalue weighted by Gasteiger charge is 2.37. The lowest BCUT2D eigenvalue weighted by atomic mass is 9.86. The number of aromatic hydroxyl groups is 1. The number of phenolic OH excluding ortho intramolecular Hbond substituents is 1. The molecular weight excluding hydrogens is 851 g/mol. The maximum Gasteiger partial charge on any atom is 0.408 e. The molecule has 14 nitrogen and oxygen atoms in total. The van der Waals surface area contributed by atoms with Crippen molar-refractivity contribution < 1.29 is 38.8 Å². The Kier molecular flexibility index (Phi) is 15.6. The number of H-pyrrole nitrogens is 1. The van der Waals surface area contributed by atoms with Gasteiger partial charge in [0.05, 0.1) is 29.8 Å². The number of hydrogen-bond donors (Lipinski definition) is 5. The van der Waals surface area contributed by atoms with Gasteiger partial charge in [0.1, 0.15) is 24.2 Å². The van der Waals surface area contributed by atoms with Gasteiger partial charge in [0.2, 0.25) is 5.56 Å². The molecule has 9 rings (SSSR count). The van der Waals surface area contributed by atoms with Crippen LogP contribution in [0.2, 0.25) is 0 Å². The van der Waals surface area contributed by atoms with Crippen LogP contribution in [0.4, 0.5) is 4.79 Å². The van der Waals surface area contributed by atoms with Gasteiger partial charge in [-0.25, -0.2) is 9.59 Å². The number of aromatic amines is 1. The molecule has 3 aliphatic heterocycles. The molecule has 1 unspecified atom stereocenters.